The molecule has 0 bridgehead atoms. The fourth-order valence-electron chi connectivity index (χ4n) is 1.75. The zero-order valence-corrected chi connectivity index (χ0v) is 13.3. The summed E-state index contributed by atoms with van der Waals surface area (Å²) in [5.74, 6) is 2.78. The van der Waals surface area contributed by atoms with E-state index in [-0.39, 0.29) is 5.41 Å². The standard InChI is InChI=1S/C13H14.2ClH.Zr/c1-13(2,11-7-3-4-8-11)12-9-5-6-10-12;;;/h3-10H,1-2H3;2*1H;/q;;;+2/p-2. The van der Waals surface area contributed by atoms with Gasteiger partial charge in [-0.05, 0) is 68.6 Å². The van der Waals surface area contributed by atoms with Gasteiger partial charge in [-0.2, -0.15) is 0 Å². The summed E-state index contributed by atoms with van der Waals surface area (Å²) >= 11 is -0.826. The molecule has 0 aromatic heterocycles. The molecule has 0 aliphatic heterocycles. The summed E-state index contributed by atoms with van der Waals surface area (Å²) in [6.45, 7) is 4.52. The van der Waals surface area contributed by atoms with E-state index < -0.39 is 20.8 Å². The van der Waals surface area contributed by atoms with Crippen LogP contribution in [0.2, 0.25) is 0 Å². The van der Waals surface area contributed by atoms with E-state index in [1.807, 2.05) is 0 Å². The molecule has 3 heteroatoms. The molecule has 0 unspecified atom stereocenters. The summed E-state index contributed by atoms with van der Waals surface area (Å²) < 4.78 is 0. The van der Waals surface area contributed by atoms with E-state index in [1.54, 1.807) is 0 Å². The van der Waals surface area contributed by atoms with E-state index in [0.717, 1.165) is 0 Å². The van der Waals surface area contributed by atoms with Gasteiger partial charge < -0.3 is 0 Å². The monoisotopic (exact) mass is 330 g/mol. The van der Waals surface area contributed by atoms with Gasteiger partial charge in [0.15, 0.2) is 0 Å². The minimum absolute atomic E-state index is 0.146. The molecule has 0 spiro atoms. The molecule has 0 nitrogen and oxygen atoms in total. The molecule has 0 aromatic carbocycles. The van der Waals surface area contributed by atoms with Crippen LogP contribution in [0, 0.1) is 68.6 Å². The molecular formula is C13H14Cl2Zr. The summed E-state index contributed by atoms with van der Waals surface area (Å²) in [7, 11) is 9.87. The quantitative estimate of drug-likeness (QED) is 0.711. The third kappa shape index (κ3) is 4.29. The van der Waals surface area contributed by atoms with Gasteiger partial charge in [-0.25, -0.2) is 0 Å². The van der Waals surface area contributed by atoms with Crippen LogP contribution in [-0.2, 0) is 20.8 Å². The first kappa shape index (κ1) is 15.5. The van der Waals surface area contributed by atoms with Crippen molar-refractivity contribution in [3.8, 4) is 0 Å². The Balaban J connectivity index is 0.000000386. The number of hydrogen-bond donors (Lipinski definition) is 0. The minimum atomic E-state index is -0.826. The molecule has 2 fully saturated rings. The molecule has 10 radical (unpaired) electrons. The summed E-state index contributed by atoms with van der Waals surface area (Å²) in [4.78, 5) is 0. The number of hydrogen-bond acceptors (Lipinski definition) is 0. The maximum absolute atomic E-state index is 4.93. The molecule has 0 heterocycles. The molecule has 0 atom stereocenters. The summed E-state index contributed by atoms with van der Waals surface area (Å²) in [5, 5.41) is 0. The zero-order chi connectivity index (χ0) is 12.0. The average Bonchev–Trinajstić information content (AvgIpc) is 2.93. The van der Waals surface area contributed by atoms with Gasteiger partial charge in [0.1, 0.15) is 0 Å². The molecule has 0 saturated heterocycles. The van der Waals surface area contributed by atoms with Crippen LogP contribution in [0.1, 0.15) is 13.8 Å². The fraction of sp³-hybridized carbons (Fsp3) is 0.231. The predicted octanol–water partition coefficient (Wildman–Crippen LogP) is 4.20. The molecule has 2 saturated carbocycles. The summed E-state index contributed by atoms with van der Waals surface area (Å²) in [5.41, 5.74) is 0.146. The van der Waals surface area contributed by atoms with Crippen molar-refractivity contribution in [3.05, 3.63) is 63.2 Å². The second-order valence-corrected chi connectivity index (χ2v) is 7.78. The molecule has 84 valence electrons. The van der Waals surface area contributed by atoms with Crippen molar-refractivity contribution in [2.75, 3.05) is 0 Å². The van der Waals surface area contributed by atoms with Crippen LogP contribution in [-0.4, -0.2) is 0 Å². The van der Waals surface area contributed by atoms with E-state index in [2.05, 4.69) is 65.2 Å². The number of rotatable bonds is 2. The van der Waals surface area contributed by atoms with Crippen LogP contribution in [0.15, 0.2) is 0 Å². The van der Waals surface area contributed by atoms with Crippen LogP contribution >= 0.6 is 17.0 Å². The zero-order valence-electron chi connectivity index (χ0n) is 9.37. The summed E-state index contributed by atoms with van der Waals surface area (Å²) in [6, 6.07) is 0. The van der Waals surface area contributed by atoms with Gasteiger partial charge in [0, 0.05) is 0 Å². The maximum atomic E-state index is 4.93. The van der Waals surface area contributed by atoms with Gasteiger partial charge in [-0.15, -0.1) is 0 Å². The van der Waals surface area contributed by atoms with Crippen molar-refractivity contribution in [1.29, 1.82) is 0 Å². The Morgan fingerprint density at radius 3 is 1.31 bits per heavy atom. The molecule has 2 rings (SSSR count). The van der Waals surface area contributed by atoms with Gasteiger partial charge in [-0.1, -0.05) is 13.8 Å². The van der Waals surface area contributed by atoms with Gasteiger partial charge >= 0.3 is 37.9 Å². The predicted molar refractivity (Wildman–Crippen MR) is 66.4 cm³/mol. The second-order valence-electron chi connectivity index (χ2n) is 4.04. The van der Waals surface area contributed by atoms with E-state index in [1.165, 1.54) is 11.8 Å². The molecule has 16 heavy (non-hydrogen) atoms. The van der Waals surface area contributed by atoms with Crippen molar-refractivity contribution in [2.24, 2.45) is 5.41 Å². The van der Waals surface area contributed by atoms with Crippen molar-refractivity contribution < 1.29 is 20.8 Å². The SMILES string of the molecule is CC(C)([C]1[CH][CH][CH][CH]1)[C]1[CH][CH][CH][CH]1.[Cl][Zr][Cl]. The van der Waals surface area contributed by atoms with Gasteiger partial charge in [0.25, 0.3) is 0 Å². The first-order valence-electron chi connectivity index (χ1n) is 5.03. The van der Waals surface area contributed by atoms with E-state index in [4.69, 9.17) is 17.0 Å². The Hall–Kier alpha value is 1.46. The topological polar surface area (TPSA) is 0 Å². The Bertz CT molecular complexity index is 164. The molecule has 0 aromatic rings. The van der Waals surface area contributed by atoms with Crippen molar-refractivity contribution in [2.45, 2.75) is 13.8 Å². The third-order valence-corrected chi connectivity index (χ3v) is 2.77. The van der Waals surface area contributed by atoms with E-state index in [9.17, 15) is 0 Å². The first-order valence-corrected chi connectivity index (χ1v) is 11.4. The van der Waals surface area contributed by atoms with Gasteiger partial charge in [0.2, 0.25) is 0 Å². The van der Waals surface area contributed by atoms with Crippen molar-refractivity contribution in [1.82, 2.24) is 0 Å². The van der Waals surface area contributed by atoms with E-state index in [0.29, 0.717) is 0 Å². The second kappa shape index (κ2) is 7.80. The Morgan fingerprint density at radius 1 is 0.812 bits per heavy atom. The van der Waals surface area contributed by atoms with Crippen molar-refractivity contribution >= 4 is 17.0 Å². The van der Waals surface area contributed by atoms with Crippen LogP contribution in [0.25, 0.3) is 0 Å². The molecule has 0 N–H and O–H groups in total. The average molecular weight is 332 g/mol. The molecule has 2 aliphatic rings. The Morgan fingerprint density at radius 2 is 1.06 bits per heavy atom. The summed E-state index contributed by atoms with van der Waals surface area (Å²) in [6.07, 6.45) is 17.1. The molecule has 2 aliphatic carbocycles. The first-order chi connectivity index (χ1) is 7.62. The van der Waals surface area contributed by atoms with Gasteiger partial charge in [-0.3, -0.25) is 0 Å². The third-order valence-electron chi connectivity index (χ3n) is 2.77. The van der Waals surface area contributed by atoms with E-state index >= 15 is 0 Å². The molecular weight excluding hydrogens is 318 g/mol. The van der Waals surface area contributed by atoms with Gasteiger partial charge in [0.05, 0.1) is 0 Å². The van der Waals surface area contributed by atoms with Crippen LogP contribution in [0.5, 0.6) is 0 Å². The van der Waals surface area contributed by atoms with Crippen LogP contribution < -0.4 is 0 Å². The fourth-order valence-corrected chi connectivity index (χ4v) is 1.75. The number of halogens is 2. The van der Waals surface area contributed by atoms with Crippen LogP contribution in [0.4, 0.5) is 0 Å². The molecule has 0 amide bonds. The van der Waals surface area contributed by atoms with Crippen LogP contribution in [0.3, 0.4) is 0 Å². The Kier molecular flexibility index (Phi) is 7.57. The Labute approximate surface area is 120 Å². The normalized spacial score (nSPS) is 23.0. The van der Waals surface area contributed by atoms with Crippen molar-refractivity contribution in [3.63, 3.8) is 0 Å².